The van der Waals surface area contributed by atoms with Crippen molar-refractivity contribution in [3.8, 4) is 12.1 Å². The predicted molar refractivity (Wildman–Crippen MR) is 73.7 cm³/mol. The first-order valence-corrected chi connectivity index (χ1v) is 7.86. The lowest BCUT2D eigenvalue weighted by Gasteiger charge is -2.42. The van der Waals surface area contributed by atoms with E-state index in [1.807, 2.05) is 0 Å². The molecule has 5 atom stereocenters. The van der Waals surface area contributed by atoms with Gasteiger partial charge in [0.05, 0.1) is 17.6 Å². The molecule has 5 unspecified atom stereocenters. The van der Waals surface area contributed by atoms with Crippen LogP contribution in [0.4, 0.5) is 0 Å². The first-order valence-electron chi connectivity index (χ1n) is 7.86. The molecule has 19 heavy (non-hydrogen) atoms. The van der Waals surface area contributed by atoms with E-state index in [1.54, 1.807) is 0 Å². The molecule has 0 aromatic rings. The van der Waals surface area contributed by atoms with Crippen molar-refractivity contribution in [2.24, 2.45) is 34.5 Å². The highest BCUT2D eigenvalue weighted by molar-refractivity contribution is 5.31. The second kappa shape index (κ2) is 4.24. The van der Waals surface area contributed by atoms with Crippen molar-refractivity contribution in [3.05, 3.63) is 0 Å². The van der Waals surface area contributed by atoms with Crippen molar-refractivity contribution < 1.29 is 0 Å². The van der Waals surface area contributed by atoms with Crippen molar-refractivity contribution in [1.29, 1.82) is 10.5 Å². The van der Waals surface area contributed by atoms with E-state index in [-0.39, 0.29) is 10.8 Å². The average molecular weight is 256 g/mol. The highest BCUT2D eigenvalue weighted by Crippen LogP contribution is 2.78. The number of nitrogens with zero attached hydrogens (tertiary/aromatic N) is 2. The van der Waals surface area contributed by atoms with E-state index in [1.165, 1.54) is 32.1 Å². The summed E-state index contributed by atoms with van der Waals surface area (Å²) in [4.78, 5) is 0. The van der Waals surface area contributed by atoms with E-state index < -0.39 is 0 Å². The maximum absolute atomic E-state index is 9.78. The van der Waals surface area contributed by atoms with Gasteiger partial charge < -0.3 is 0 Å². The predicted octanol–water partition coefficient (Wildman–Crippen LogP) is 4.28. The Morgan fingerprint density at radius 1 is 1.11 bits per heavy atom. The summed E-state index contributed by atoms with van der Waals surface area (Å²) in [5, 5.41) is 18.5. The van der Waals surface area contributed by atoms with Crippen LogP contribution >= 0.6 is 0 Å². The van der Waals surface area contributed by atoms with Gasteiger partial charge in [0.15, 0.2) is 0 Å². The molecule has 0 saturated heterocycles. The maximum Gasteiger partial charge on any atom is 0.0701 e. The molecule has 3 saturated carbocycles. The van der Waals surface area contributed by atoms with Crippen molar-refractivity contribution in [2.45, 2.75) is 58.8 Å². The number of fused-ring (bicyclic) bond motifs is 3. The zero-order valence-electron chi connectivity index (χ0n) is 12.2. The van der Waals surface area contributed by atoms with Crippen LogP contribution in [0.1, 0.15) is 58.8 Å². The van der Waals surface area contributed by atoms with E-state index in [9.17, 15) is 5.26 Å². The van der Waals surface area contributed by atoms with Crippen molar-refractivity contribution >= 4 is 0 Å². The maximum atomic E-state index is 9.78. The van der Waals surface area contributed by atoms with Crippen molar-refractivity contribution in [1.82, 2.24) is 0 Å². The van der Waals surface area contributed by atoms with Gasteiger partial charge in [0, 0.05) is 6.42 Å². The number of hydrogen-bond donors (Lipinski definition) is 0. The van der Waals surface area contributed by atoms with Crippen molar-refractivity contribution in [2.75, 3.05) is 0 Å². The largest absolute Gasteiger partial charge is 0.198 e. The van der Waals surface area contributed by atoms with Crippen LogP contribution in [-0.2, 0) is 0 Å². The highest BCUT2D eigenvalue weighted by atomic mass is 14.8. The Morgan fingerprint density at radius 2 is 1.89 bits per heavy atom. The topological polar surface area (TPSA) is 47.6 Å². The molecule has 0 aromatic carbocycles. The SMILES string of the molecule is CC1(C)C2CCC3CC(CCC#N)CCC3C21C#N. The van der Waals surface area contributed by atoms with E-state index in [2.05, 4.69) is 26.0 Å². The minimum atomic E-state index is -0.00385. The fraction of sp³-hybridized carbons (Fsp3) is 0.882. The molecule has 0 aliphatic heterocycles. The van der Waals surface area contributed by atoms with Crippen LogP contribution in [0.2, 0.25) is 0 Å². The molecular formula is C17H24N2. The van der Waals surface area contributed by atoms with Crippen LogP contribution in [-0.4, -0.2) is 0 Å². The van der Waals surface area contributed by atoms with Crippen molar-refractivity contribution in [3.63, 3.8) is 0 Å². The molecule has 3 rings (SSSR count). The van der Waals surface area contributed by atoms with Crippen LogP contribution in [0.25, 0.3) is 0 Å². The number of nitriles is 2. The van der Waals surface area contributed by atoms with E-state index in [4.69, 9.17) is 5.26 Å². The fourth-order valence-electron chi connectivity index (χ4n) is 5.73. The Bertz CT molecular complexity index is 453. The Kier molecular flexibility index (Phi) is 2.90. The molecule has 2 nitrogen and oxygen atoms in total. The molecule has 0 radical (unpaired) electrons. The lowest BCUT2D eigenvalue weighted by molar-refractivity contribution is 0.0811. The third-order valence-electron chi connectivity index (χ3n) is 6.76. The zero-order valence-corrected chi connectivity index (χ0v) is 12.2. The smallest absolute Gasteiger partial charge is 0.0701 e. The van der Waals surface area contributed by atoms with Gasteiger partial charge in [0.25, 0.3) is 0 Å². The van der Waals surface area contributed by atoms with Gasteiger partial charge >= 0.3 is 0 Å². The summed E-state index contributed by atoms with van der Waals surface area (Å²) in [6, 6.07) is 5.03. The quantitative estimate of drug-likeness (QED) is 0.740. The molecule has 0 spiro atoms. The molecule has 3 aliphatic carbocycles. The van der Waals surface area contributed by atoms with Gasteiger partial charge in [0.2, 0.25) is 0 Å². The Balaban J connectivity index is 1.74. The van der Waals surface area contributed by atoms with Crippen LogP contribution in [0.3, 0.4) is 0 Å². The summed E-state index contributed by atoms with van der Waals surface area (Å²) in [7, 11) is 0. The number of hydrogen-bond acceptors (Lipinski definition) is 2. The van der Waals surface area contributed by atoms with Gasteiger partial charge in [-0.05, 0) is 61.2 Å². The summed E-state index contributed by atoms with van der Waals surface area (Å²) in [5.41, 5.74) is 0.247. The normalized spacial score (nSPS) is 46.3. The van der Waals surface area contributed by atoms with Gasteiger partial charge in [-0.15, -0.1) is 0 Å². The summed E-state index contributed by atoms with van der Waals surface area (Å²) >= 11 is 0. The van der Waals surface area contributed by atoms with Gasteiger partial charge in [-0.25, -0.2) is 0 Å². The monoisotopic (exact) mass is 256 g/mol. The van der Waals surface area contributed by atoms with Gasteiger partial charge in [-0.3, -0.25) is 0 Å². The standard InChI is InChI=1S/C17H24N2/c1-16(2)15-8-6-13-10-12(4-3-9-18)5-7-14(13)17(15,16)11-19/h12-15H,3-8,10H2,1-2H3. The third kappa shape index (κ3) is 1.59. The van der Waals surface area contributed by atoms with E-state index in [0.717, 1.165) is 18.3 Å². The molecule has 0 aromatic heterocycles. The van der Waals surface area contributed by atoms with Crippen LogP contribution in [0, 0.1) is 57.2 Å². The number of rotatable bonds is 2. The molecule has 3 fully saturated rings. The summed E-state index contributed by atoms with van der Waals surface area (Å²) in [6.07, 6.45) is 8.12. The Labute approximate surface area is 116 Å². The molecule has 0 heterocycles. The van der Waals surface area contributed by atoms with E-state index in [0.29, 0.717) is 18.3 Å². The first-order chi connectivity index (χ1) is 9.07. The average Bonchev–Trinajstić information content (AvgIpc) is 2.93. The molecule has 0 N–H and O–H groups in total. The highest BCUT2D eigenvalue weighted by Gasteiger charge is 2.76. The zero-order chi connectivity index (χ0) is 13.7. The fourth-order valence-corrected chi connectivity index (χ4v) is 5.73. The second-order valence-electron chi connectivity index (χ2n) is 7.57. The molecule has 102 valence electrons. The first kappa shape index (κ1) is 13.0. The Morgan fingerprint density at radius 3 is 2.58 bits per heavy atom. The molecule has 0 bridgehead atoms. The van der Waals surface area contributed by atoms with Crippen LogP contribution in [0.5, 0.6) is 0 Å². The van der Waals surface area contributed by atoms with E-state index >= 15 is 0 Å². The molecule has 3 aliphatic rings. The summed E-state index contributed by atoms with van der Waals surface area (Å²) in [5.74, 6) is 2.80. The minimum Gasteiger partial charge on any atom is -0.198 e. The second-order valence-corrected chi connectivity index (χ2v) is 7.57. The van der Waals surface area contributed by atoms with Gasteiger partial charge in [-0.2, -0.15) is 10.5 Å². The summed E-state index contributed by atoms with van der Waals surface area (Å²) in [6.45, 7) is 4.62. The minimum absolute atomic E-state index is 0.00385. The lowest BCUT2D eigenvalue weighted by Crippen LogP contribution is -2.36. The van der Waals surface area contributed by atoms with Gasteiger partial charge in [-0.1, -0.05) is 20.3 Å². The molecule has 0 amide bonds. The van der Waals surface area contributed by atoms with Crippen LogP contribution in [0.15, 0.2) is 0 Å². The van der Waals surface area contributed by atoms with Crippen LogP contribution < -0.4 is 0 Å². The molecule has 2 heteroatoms. The third-order valence-corrected chi connectivity index (χ3v) is 6.76. The molecular weight excluding hydrogens is 232 g/mol. The summed E-state index contributed by atoms with van der Waals surface area (Å²) < 4.78 is 0. The Hall–Kier alpha value is -1.02. The van der Waals surface area contributed by atoms with Gasteiger partial charge in [0.1, 0.15) is 0 Å². The lowest BCUT2D eigenvalue weighted by atomic mass is 9.61.